The van der Waals surface area contributed by atoms with Gasteiger partial charge < -0.3 is 0 Å². The Kier molecular flexibility index (Phi) is 6.68. The summed E-state index contributed by atoms with van der Waals surface area (Å²) >= 11 is 1.32. The summed E-state index contributed by atoms with van der Waals surface area (Å²) in [7, 11) is -4.23. The molecular weight excluding hydrogens is 393 g/mol. The number of hydrogen-bond acceptors (Lipinski definition) is 5. The molecule has 0 fully saturated rings. The average molecular weight is 413 g/mol. The van der Waals surface area contributed by atoms with Gasteiger partial charge in [0.05, 0.1) is 10.9 Å². The van der Waals surface area contributed by atoms with Gasteiger partial charge in [0.2, 0.25) is 10.0 Å². The Morgan fingerprint density at radius 3 is 2.48 bits per heavy atom. The highest BCUT2D eigenvalue weighted by Gasteiger charge is 2.25. The number of carbonyl (C=O) groups is 2. The van der Waals surface area contributed by atoms with Gasteiger partial charge in [-0.1, -0.05) is 19.1 Å². The Bertz CT molecular complexity index is 957. The monoisotopic (exact) mass is 413 g/mol. The van der Waals surface area contributed by atoms with Gasteiger partial charge >= 0.3 is 0 Å². The third-order valence-corrected chi connectivity index (χ3v) is 6.67. The van der Waals surface area contributed by atoms with Gasteiger partial charge in [0.1, 0.15) is 10.7 Å². The highest BCUT2D eigenvalue weighted by molar-refractivity contribution is 7.89. The number of nitrogens with one attached hydrogen (secondary N) is 3. The SMILES string of the molecule is CCc1sc(C(=O)NNC(=O)C(C)NS(=O)(=O)c2ccccc2F)cc1C. The van der Waals surface area contributed by atoms with Crippen LogP contribution in [0.5, 0.6) is 0 Å². The average Bonchev–Trinajstić information content (AvgIpc) is 3.00. The summed E-state index contributed by atoms with van der Waals surface area (Å²) in [6, 6.07) is 5.31. The molecule has 2 rings (SSSR count). The Hall–Kier alpha value is -2.30. The zero-order chi connectivity index (χ0) is 20.2. The molecule has 3 N–H and O–H groups in total. The third-order valence-electron chi connectivity index (χ3n) is 3.72. The topological polar surface area (TPSA) is 104 Å². The highest BCUT2D eigenvalue weighted by Crippen LogP contribution is 2.22. The molecule has 0 radical (unpaired) electrons. The third kappa shape index (κ3) is 5.12. The molecule has 0 aliphatic heterocycles. The molecule has 0 spiro atoms. The van der Waals surface area contributed by atoms with E-state index in [1.54, 1.807) is 6.07 Å². The van der Waals surface area contributed by atoms with Crippen molar-refractivity contribution in [3.8, 4) is 0 Å². The molecule has 2 aromatic rings. The van der Waals surface area contributed by atoms with Crippen LogP contribution >= 0.6 is 11.3 Å². The van der Waals surface area contributed by atoms with Gasteiger partial charge in [-0.15, -0.1) is 11.3 Å². The Balaban J connectivity index is 1.97. The van der Waals surface area contributed by atoms with E-state index >= 15 is 0 Å². The lowest BCUT2D eigenvalue weighted by atomic mass is 10.2. The maximum Gasteiger partial charge on any atom is 0.279 e. The predicted molar refractivity (Wildman–Crippen MR) is 100 cm³/mol. The van der Waals surface area contributed by atoms with E-state index in [9.17, 15) is 22.4 Å². The van der Waals surface area contributed by atoms with E-state index in [2.05, 4.69) is 15.6 Å². The minimum Gasteiger partial charge on any atom is -0.271 e. The van der Waals surface area contributed by atoms with Gasteiger partial charge in [-0.2, -0.15) is 4.72 Å². The van der Waals surface area contributed by atoms with Crippen LogP contribution in [0, 0.1) is 12.7 Å². The van der Waals surface area contributed by atoms with Crippen molar-refractivity contribution in [2.45, 2.75) is 38.1 Å². The van der Waals surface area contributed by atoms with Crippen LogP contribution in [-0.4, -0.2) is 26.3 Å². The van der Waals surface area contributed by atoms with E-state index in [-0.39, 0.29) is 0 Å². The fourth-order valence-corrected chi connectivity index (χ4v) is 4.57. The quantitative estimate of drug-likeness (QED) is 0.629. The zero-order valence-corrected chi connectivity index (χ0v) is 16.6. The van der Waals surface area contributed by atoms with E-state index < -0.39 is 38.6 Å². The summed E-state index contributed by atoms with van der Waals surface area (Å²) in [5.41, 5.74) is 5.40. The van der Waals surface area contributed by atoms with Crippen molar-refractivity contribution in [1.82, 2.24) is 15.6 Å². The summed E-state index contributed by atoms with van der Waals surface area (Å²) in [5, 5.41) is 0. The number of amides is 2. The van der Waals surface area contributed by atoms with Crippen molar-refractivity contribution < 1.29 is 22.4 Å². The Labute approximate surface area is 161 Å². The molecule has 1 heterocycles. The first-order valence-electron chi connectivity index (χ1n) is 8.12. The van der Waals surface area contributed by atoms with Crippen LogP contribution in [0.2, 0.25) is 0 Å². The van der Waals surface area contributed by atoms with E-state index in [0.29, 0.717) is 4.88 Å². The molecule has 1 atom stereocenters. The number of rotatable bonds is 6. The number of carbonyl (C=O) groups excluding carboxylic acids is 2. The number of hydrazine groups is 1. The van der Waals surface area contributed by atoms with Crippen molar-refractivity contribution in [3.05, 3.63) is 51.5 Å². The predicted octanol–water partition coefficient (Wildman–Crippen LogP) is 1.89. The van der Waals surface area contributed by atoms with Gasteiger partial charge in [0, 0.05) is 4.88 Å². The van der Waals surface area contributed by atoms with Crippen LogP contribution in [0.4, 0.5) is 4.39 Å². The van der Waals surface area contributed by atoms with Crippen LogP contribution in [0.15, 0.2) is 35.2 Å². The van der Waals surface area contributed by atoms with Gasteiger partial charge in [0.15, 0.2) is 0 Å². The van der Waals surface area contributed by atoms with E-state index in [1.165, 1.54) is 30.4 Å². The number of hydrogen-bond donors (Lipinski definition) is 3. The summed E-state index contributed by atoms with van der Waals surface area (Å²) in [6.45, 7) is 5.15. The standard InChI is InChI=1S/C17H20FN3O4S2/c1-4-13-10(2)9-14(26-13)17(23)20-19-16(22)11(3)21-27(24,25)15-8-6-5-7-12(15)18/h5-9,11,21H,4H2,1-3H3,(H,19,22)(H,20,23). The van der Waals surface area contributed by atoms with Gasteiger partial charge in [-0.3, -0.25) is 20.4 Å². The largest absolute Gasteiger partial charge is 0.279 e. The lowest BCUT2D eigenvalue weighted by Gasteiger charge is -2.15. The van der Waals surface area contributed by atoms with Crippen molar-refractivity contribution in [1.29, 1.82) is 0 Å². The second kappa shape index (κ2) is 8.59. The summed E-state index contributed by atoms with van der Waals surface area (Å²) in [6.07, 6.45) is 0.797. The van der Waals surface area contributed by atoms with Crippen molar-refractivity contribution in [2.24, 2.45) is 0 Å². The summed E-state index contributed by atoms with van der Waals surface area (Å²) in [5.74, 6) is -2.21. The van der Waals surface area contributed by atoms with Crippen LogP contribution in [0.1, 0.15) is 34.0 Å². The number of thiophene rings is 1. The van der Waals surface area contributed by atoms with Crippen LogP contribution in [0.25, 0.3) is 0 Å². The molecule has 0 aliphatic carbocycles. The summed E-state index contributed by atoms with van der Waals surface area (Å²) < 4.78 is 40.1. The molecule has 2 amide bonds. The first-order chi connectivity index (χ1) is 12.7. The summed E-state index contributed by atoms with van der Waals surface area (Å²) in [4.78, 5) is 25.1. The van der Waals surface area contributed by atoms with E-state index in [4.69, 9.17) is 0 Å². The molecular formula is C17H20FN3O4S2. The number of halogens is 1. The maximum absolute atomic E-state index is 13.7. The second-order valence-corrected chi connectivity index (χ2v) is 8.61. The van der Waals surface area contributed by atoms with Crippen LogP contribution in [0.3, 0.4) is 0 Å². The zero-order valence-electron chi connectivity index (χ0n) is 15.0. The molecule has 0 saturated heterocycles. The maximum atomic E-state index is 13.7. The van der Waals surface area contributed by atoms with Crippen LogP contribution < -0.4 is 15.6 Å². The normalized spacial score (nSPS) is 12.4. The molecule has 0 aliphatic rings. The minimum atomic E-state index is -4.23. The lowest BCUT2D eigenvalue weighted by Crippen LogP contribution is -2.51. The number of sulfonamides is 1. The number of aryl methyl sites for hydroxylation is 2. The van der Waals surface area contributed by atoms with E-state index in [1.807, 2.05) is 13.8 Å². The molecule has 0 saturated carbocycles. The Morgan fingerprint density at radius 2 is 1.89 bits per heavy atom. The van der Waals surface area contributed by atoms with E-state index in [0.717, 1.165) is 29.0 Å². The number of benzene rings is 1. The van der Waals surface area contributed by atoms with Gasteiger partial charge in [0.25, 0.3) is 11.8 Å². The molecule has 1 aromatic heterocycles. The Morgan fingerprint density at radius 1 is 1.22 bits per heavy atom. The van der Waals surface area contributed by atoms with Gasteiger partial charge in [-0.05, 0) is 44.0 Å². The molecule has 27 heavy (non-hydrogen) atoms. The second-order valence-electron chi connectivity index (χ2n) is 5.79. The fraction of sp³-hybridized carbons (Fsp3) is 0.294. The molecule has 10 heteroatoms. The highest BCUT2D eigenvalue weighted by atomic mass is 32.2. The van der Waals surface area contributed by atoms with Gasteiger partial charge in [-0.25, -0.2) is 12.8 Å². The smallest absolute Gasteiger partial charge is 0.271 e. The molecule has 0 bridgehead atoms. The minimum absolute atomic E-state index is 0.434. The molecule has 1 aromatic carbocycles. The van der Waals surface area contributed by atoms with Crippen molar-refractivity contribution >= 4 is 33.2 Å². The van der Waals surface area contributed by atoms with Crippen molar-refractivity contribution in [3.63, 3.8) is 0 Å². The van der Waals surface area contributed by atoms with Crippen molar-refractivity contribution in [2.75, 3.05) is 0 Å². The first kappa shape index (κ1) is 21.0. The first-order valence-corrected chi connectivity index (χ1v) is 10.4. The lowest BCUT2D eigenvalue weighted by molar-refractivity contribution is -0.123. The van der Waals surface area contributed by atoms with Crippen LogP contribution in [-0.2, 0) is 21.2 Å². The fourth-order valence-electron chi connectivity index (χ4n) is 2.28. The molecule has 1 unspecified atom stereocenters. The molecule has 7 nitrogen and oxygen atoms in total. The molecule has 146 valence electrons.